The summed E-state index contributed by atoms with van der Waals surface area (Å²) in [5.41, 5.74) is 2.55. The molecule has 2 heterocycles. The fraction of sp³-hybridized carbons (Fsp3) is 0.667. The average Bonchev–Trinajstić information content (AvgIpc) is 3.12. The average molecular weight is 431 g/mol. The van der Waals surface area contributed by atoms with Gasteiger partial charge in [-0.1, -0.05) is 31.2 Å². The second kappa shape index (κ2) is 11.0. The molecule has 0 bridgehead atoms. The highest BCUT2D eigenvalue weighted by Crippen LogP contribution is 2.24. The molecule has 2 saturated heterocycles. The third-order valence-corrected chi connectivity index (χ3v) is 6.16. The van der Waals surface area contributed by atoms with Crippen LogP contribution in [0.4, 0.5) is 0 Å². The van der Waals surface area contributed by atoms with Gasteiger partial charge in [-0.15, -0.1) is 0 Å². The number of hydrogen-bond acceptors (Lipinski definition) is 5. The highest BCUT2D eigenvalue weighted by molar-refractivity contribution is 5.82. The third-order valence-electron chi connectivity index (χ3n) is 6.16. The number of nitrogens with zero attached hydrogens (tertiary/aromatic N) is 3. The van der Waals surface area contributed by atoms with Crippen LogP contribution in [0.5, 0.6) is 0 Å². The monoisotopic (exact) mass is 430 g/mol. The highest BCUT2D eigenvalue weighted by Gasteiger charge is 2.36. The van der Waals surface area contributed by atoms with E-state index in [0.717, 1.165) is 38.7 Å². The van der Waals surface area contributed by atoms with Gasteiger partial charge < -0.3 is 19.7 Å². The Morgan fingerprint density at radius 1 is 1.13 bits per heavy atom. The number of carbonyl (C=O) groups is 1. The molecular weight excluding hydrogens is 392 g/mol. The molecule has 1 aromatic carbocycles. The van der Waals surface area contributed by atoms with Crippen LogP contribution in [0.15, 0.2) is 29.3 Å². The van der Waals surface area contributed by atoms with Crippen LogP contribution in [0.3, 0.4) is 0 Å². The standard InChI is InChI=1S/C24H38N4O3/c1-6-25-24(28-12-17(2)22(16-28)23(29)30-5)26-11-20-9-7-8-10-21(20)15-27-13-18(3)31-19(4)14-27/h7-10,17-19,22H,6,11-16H2,1-5H3,(H,25,26). The number of morpholine rings is 1. The molecule has 4 atom stereocenters. The molecule has 3 rings (SSSR count). The van der Waals surface area contributed by atoms with Gasteiger partial charge in [0.05, 0.1) is 31.8 Å². The van der Waals surface area contributed by atoms with Crippen LogP contribution in [0, 0.1) is 11.8 Å². The van der Waals surface area contributed by atoms with Gasteiger partial charge in [-0.05, 0) is 37.8 Å². The first-order chi connectivity index (χ1) is 14.9. The van der Waals surface area contributed by atoms with Crippen molar-refractivity contribution in [1.29, 1.82) is 0 Å². The number of methoxy groups -OCH3 is 1. The minimum atomic E-state index is -0.134. The molecule has 7 nitrogen and oxygen atoms in total. The lowest BCUT2D eigenvalue weighted by Crippen LogP contribution is -2.44. The lowest BCUT2D eigenvalue weighted by atomic mass is 9.99. The summed E-state index contributed by atoms with van der Waals surface area (Å²) in [5.74, 6) is 0.870. The number of nitrogens with one attached hydrogen (secondary N) is 1. The number of carbonyl (C=O) groups excluding carboxylic acids is 1. The van der Waals surface area contributed by atoms with Crippen molar-refractivity contribution in [2.45, 2.75) is 53.0 Å². The van der Waals surface area contributed by atoms with Gasteiger partial charge in [0.25, 0.3) is 0 Å². The maximum atomic E-state index is 12.1. The van der Waals surface area contributed by atoms with Crippen LogP contribution in [0.25, 0.3) is 0 Å². The second-order valence-electron chi connectivity index (χ2n) is 8.90. The van der Waals surface area contributed by atoms with Gasteiger partial charge >= 0.3 is 5.97 Å². The minimum Gasteiger partial charge on any atom is -0.469 e. The van der Waals surface area contributed by atoms with Gasteiger partial charge in [-0.2, -0.15) is 0 Å². The molecule has 7 heteroatoms. The lowest BCUT2D eigenvalue weighted by Gasteiger charge is -2.35. The Morgan fingerprint density at radius 3 is 2.45 bits per heavy atom. The van der Waals surface area contributed by atoms with Crippen LogP contribution in [-0.2, 0) is 27.4 Å². The summed E-state index contributed by atoms with van der Waals surface area (Å²) < 4.78 is 10.9. The van der Waals surface area contributed by atoms with Crippen molar-refractivity contribution in [2.24, 2.45) is 16.8 Å². The molecule has 2 aliphatic heterocycles. The molecule has 172 valence electrons. The predicted molar refractivity (Wildman–Crippen MR) is 123 cm³/mol. The van der Waals surface area contributed by atoms with E-state index in [1.165, 1.54) is 18.2 Å². The Morgan fingerprint density at radius 2 is 1.81 bits per heavy atom. The number of guanidine groups is 1. The maximum absolute atomic E-state index is 12.1. The predicted octanol–water partition coefficient (Wildman–Crippen LogP) is 2.50. The van der Waals surface area contributed by atoms with Crippen molar-refractivity contribution in [2.75, 3.05) is 39.8 Å². The first kappa shape index (κ1) is 23.5. The number of hydrogen-bond donors (Lipinski definition) is 1. The molecule has 31 heavy (non-hydrogen) atoms. The van der Waals surface area contributed by atoms with E-state index in [2.05, 4.69) is 67.1 Å². The van der Waals surface area contributed by atoms with E-state index >= 15 is 0 Å². The number of ether oxygens (including phenoxy) is 2. The van der Waals surface area contributed by atoms with Crippen LogP contribution in [-0.4, -0.2) is 73.8 Å². The van der Waals surface area contributed by atoms with Crippen molar-refractivity contribution in [3.63, 3.8) is 0 Å². The lowest BCUT2D eigenvalue weighted by molar-refractivity contribution is -0.145. The molecule has 0 radical (unpaired) electrons. The molecule has 4 unspecified atom stereocenters. The summed E-state index contributed by atoms with van der Waals surface area (Å²) in [6.45, 7) is 14.1. The Bertz CT molecular complexity index is 759. The Kier molecular flexibility index (Phi) is 8.32. The number of benzene rings is 1. The summed E-state index contributed by atoms with van der Waals surface area (Å²) in [6.07, 6.45) is 0.517. The van der Waals surface area contributed by atoms with Crippen LogP contribution in [0.1, 0.15) is 38.8 Å². The zero-order valence-corrected chi connectivity index (χ0v) is 19.6. The van der Waals surface area contributed by atoms with E-state index in [9.17, 15) is 4.79 Å². The Balaban J connectivity index is 1.71. The van der Waals surface area contributed by atoms with Crippen LogP contribution >= 0.6 is 0 Å². The molecule has 0 spiro atoms. The molecule has 1 aromatic rings. The summed E-state index contributed by atoms with van der Waals surface area (Å²) >= 11 is 0. The second-order valence-corrected chi connectivity index (χ2v) is 8.90. The summed E-state index contributed by atoms with van der Waals surface area (Å²) in [4.78, 5) is 21.7. The molecule has 0 amide bonds. The normalized spacial score (nSPS) is 27.4. The van der Waals surface area contributed by atoms with Crippen molar-refractivity contribution in [3.05, 3.63) is 35.4 Å². The van der Waals surface area contributed by atoms with Gasteiger partial charge in [-0.25, -0.2) is 4.99 Å². The molecular formula is C24H38N4O3. The van der Waals surface area contributed by atoms with E-state index in [1.807, 2.05) is 0 Å². The fourth-order valence-corrected chi connectivity index (χ4v) is 4.70. The van der Waals surface area contributed by atoms with E-state index in [0.29, 0.717) is 13.1 Å². The molecule has 0 aliphatic carbocycles. The Hall–Kier alpha value is -2.12. The van der Waals surface area contributed by atoms with Crippen molar-refractivity contribution in [1.82, 2.24) is 15.1 Å². The van der Waals surface area contributed by atoms with E-state index in [1.54, 1.807) is 0 Å². The number of esters is 1. The van der Waals surface area contributed by atoms with Gasteiger partial charge in [0.15, 0.2) is 5.96 Å². The topological polar surface area (TPSA) is 66.4 Å². The number of aliphatic imine (C=N–C) groups is 1. The van der Waals surface area contributed by atoms with Gasteiger partial charge in [0.1, 0.15) is 0 Å². The van der Waals surface area contributed by atoms with Crippen LogP contribution < -0.4 is 5.32 Å². The quantitative estimate of drug-likeness (QED) is 0.425. The van der Waals surface area contributed by atoms with Gasteiger partial charge in [-0.3, -0.25) is 9.69 Å². The number of rotatable bonds is 6. The third kappa shape index (κ3) is 6.20. The summed E-state index contributed by atoms with van der Waals surface area (Å²) in [5, 5.41) is 3.40. The Labute approximate surface area is 186 Å². The summed E-state index contributed by atoms with van der Waals surface area (Å²) in [7, 11) is 1.46. The van der Waals surface area contributed by atoms with E-state index in [-0.39, 0.29) is 30.0 Å². The number of likely N-dealkylation sites (tertiary alicyclic amines) is 1. The molecule has 0 aromatic heterocycles. The fourth-order valence-electron chi connectivity index (χ4n) is 4.70. The smallest absolute Gasteiger partial charge is 0.310 e. The molecule has 1 N–H and O–H groups in total. The zero-order valence-electron chi connectivity index (χ0n) is 19.6. The maximum Gasteiger partial charge on any atom is 0.310 e. The largest absolute Gasteiger partial charge is 0.469 e. The van der Waals surface area contributed by atoms with Gasteiger partial charge in [0.2, 0.25) is 0 Å². The van der Waals surface area contributed by atoms with Crippen molar-refractivity contribution in [3.8, 4) is 0 Å². The minimum absolute atomic E-state index is 0.105. The highest BCUT2D eigenvalue weighted by atomic mass is 16.5. The van der Waals surface area contributed by atoms with E-state index < -0.39 is 0 Å². The molecule has 2 fully saturated rings. The molecule has 2 aliphatic rings. The SMILES string of the molecule is CCNC(=NCc1ccccc1CN1CC(C)OC(C)C1)N1CC(C)C(C(=O)OC)C1. The van der Waals surface area contributed by atoms with E-state index in [4.69, 9.17) is 14.5 Å². The zero-order chi connectivity index (χ0) is 22.4. The van der Waals surface area contributed by atoms with Crippen LogP contribution in [0.2, 0.25) is 0 Å². The van der Waals surface area contributed by atoms with Gasteiger partial charge in [0, 0.05) is 39.3 Å². The van der Waals surface area contributed by atoms with Crippen molar-refractivity contribution >= 4 is 11.9 Å². The summed E-state index contributed by atoms with van der Waals surface area (Å²) in [6, 6.07) is 8.55. The van der Waals surface area contributed by atoms with Crippen molar-refractivity contribution < 1.29 is 14.3 Å². The first-order valence-corrected chi connectivity index (χ1v) is 11.5. The molecule has 0 saturated carbocycles. The first-order valence-electron chi connectivity index (χ1n) is 11.5.